The second kappa shape index (κ2) is 30.4. The lowest BCUT2D eigenvalue weighted by atomic mass is 9.92. The highest BCUT2D eigenvalue weighted by Crippen LogP contribution is 2.33. The van der Waals surface area contributed by atoms with Crippen molar-refractivity contribution in [3.8, 4) is 0 Å². The molecule has 4 aliphatic heterocycles. The minimum Gasteiger partial charge on any atom is -0.353 e. The third-order valence-corrected chi connectivity index (χ3v) is 21.1. The summed E-state index contributed by atoms with van der Waals surface area (Å²) >= 11 is 0. The average molecular weight is 1370 g/mol. The van der Waals surface area contributed by atoms with Gasteiger partial charge >= 0.3 is 0 Å². The van der Waals surface area contributed by atoms with Crippen molar-refractivity contribution in [2.24, 2.45) is 15.0 Å². The standard InChI is InChI=1S/C96H93N9/c1-7-31-70-55-76-82-49-50-83(103(82)61-64-37-19-13-20-38-64)78-57-72(33-9-3)93(99-78)89(68-45-27-17-28-46-68)94-74(35-11-5)59-80(101-94)86-53-54-87(105(86)63-66-41-23-15-24-42-66)81-60-75(36-12-6)96(102-81)90(69-47-29-18-30-48-69)95-73(34-10-4)58-79(100-95)85-52-51-84(104(85)62-65-39-21-14-22-40-65)77-56-71(32-8-2)92(98-77)88(91(70)97-76)67-43-25-16-26-44-67/h13-30,37-60,97,100-101H,7-12,31-36,61-63H2,1-6H3. The maximum Gasteiger partial charge on any atom is 0.0877 e. The Balaban J connectivity index is 1.11. The van der Waals surface area contributed by atoms with Gasteiger partial charge in [0, 0.05) is 36.4 Å². The van der Waals surface area contributed by atoms with E-state index in [1.165, 1.54) is 50.1 Å². The molecule has 9 heteroatoms. The molecule has 10 heterocycles. The molecule has 3 N–H and O–H groups in total. The first-order chi connectivity index (χ1) is 51.8. The van der Waals surface area contributed by atoms with Gasteiger partial charge in [0.25, 0.3) is 0 Å². The molecule has 0 radical (unpaired) electrons. The van der Waals surface area contributed by atoms with Crippen molar-refractivity contribution in [1.82, 2.24) is 28.7 Å². The van der Waals surface area contributed by atoms with Crippen LogP contribution in [0.15, 0.2) is 287 Å². The van der Waals surface area contributed by atoms with Gasteiger partial charge in [-0.2, -0.15) is 0 Å². The van der Waals surface area contributed by atoms with Gasteiger partial charge in [-0.15, -0.1) is 0 Å². The van der Waals surface area contributed by atoms with Crippen molar-refractivity contribution in [2.75, 3.05) is 0 Å². The molecule has 6 aromatic heterocycles. The number of aromatic nitrogens is 6. The molecule has 0 saturated heterocycles. The zero-order valence-electron chi connectivity index (χ0n) is 61.5. The third kappa shape index (κ3) is 13.4. The molecule has 6 aromatic carbocycles. The number of H-pyrrole nitrogens is 3. The van der Waals surface area contributed by atoms with Crippen molar-refractivity contribution in [2.45, 2.75) is 138 Å². The number of nitrogens with one attached hydrogen (secondary N) is 3. The number of aromatic amines is 3. The molecular formula is C96H93N9. The number of hydrogen-bond acceptors (Lipinski definition) is 3. The Morgan fingerprint density at radius 1 is 0.267 bits per heavy atom. The van der Waals surface area contributed by atoms with E-state index < -0.39 is 0 Å². The molecule has 0 fully saturated rings. The second-order valence-electron chi connectivity index (χ2n) is 28.5. The molecule has 9 nitrogen and oxygen atoms in total. The van der Waals surface area contributed by atoms with E-state index in [0.29, 0.717) is 19.6 Å². The molecule has 105 heavy (non-hydrogen) atoms. The Bertz CT molecular complexity index is 5600. The van der Waals surface area contributed by atoms with Gasteiger partial charge in [-0.05, 0) is 178 Å². The zero-order chi connectivity index (χ0) is 71.3. The van der Waals surface area contributed by atoms with Crippen LogP contribution < -0.4 is 32.1 Å². The summed E-state index contributed by atoms with van der Waals surface area (Å²) in [6.07, 6.45) is 18.2. The van der Waals surface area contributed by atoms with Crippen LogP contribution in [0.1, 0.15) is 149 Å². The predicted octanol–water partition coefficient (Wildman–Crippen LogP) is 16.8. The summed E-state index contributed by atoms with van der Waals surface area (Å²) in [7, 11) is 0. The summed E-state index contributed by atoms with van der Waals surface area (Å²) in [4.78, 5) is 30.6. The molecule has 0 saturated carbocycles. The lowest BCUT2D eigenvalue weighted by Gasteiger charge is -2.12. The second-order valence-corrected chi connectivity index (χ2v) is 28.5. The number of aryl methyl sites for hydroxylation is 3. The van der Waals surface area contributed by atoms with Gasteiger partial charge in [0.05, 0.1) is 98.4 Å². The van der Waals surface area contributed by atoms with Crippen LogP contribution in [0.5, 0.6) is 0 Å². The number of benzene rings is 6. The lowest BCUT2D eigenvalue weighted by molar-refractivity contribution is 0.751. The van der Waals surface area contributed by atoms with Crippen molar-refractivity contribution in [3.63, 3.8) is 0 Å². The van der Waals surface area contributed by atoms with Crippen LogP contribution in [0.3, 0.4) is 0 Å². The molecule has 0 spiro atoms. The number of hydrogen-bond donors (Lipinski definition) is 3. The quantitative estimate of drug-likeness (QED) is 0.0639. The average Bonchev–Trinajstić information content (AvgIpc) is 1.61. The maximum atomic E-state index is 5.98. The molecule has 0 atom stereocenters. The summed E-state index contributed by atoms with van der Waals surface area (Å²) < 4.78 is 7.52. The minimum absolute atomic E-state index is 0.647. The van der Waals surface area contributed by atoms with Gasteiger partial charge < -0.3 is 28.7 Å². The fourth-order valence-corrected chi connectivity index (χ4v) is 16.4. The van der Waals surface area contributed by atoms with Gasteiger partial charge in [-0.25, -0.2) is 15.0 Å². The van der Waals surface area contributed by atoms with Gasteiger partial charge in [-0.1, -0.05) is 262 Å². The topological polar surface area (TPSA) is 99.2 Å². The van der Waals surface area contributed by atoms with Crippen LogP contribution in [0.4, 0.5) is 0 Å². The van der Waals surface area contributed by atoms with E-state index in [4.69, 9.17) is 15.0 Å². The molecule has 0 amide bonds. The Morgan fingerprint density at radius 3 is 0.752 bits per heavy atom. The molecule has 18 bridgehead atoms. The van der Waals surface area contributed by atoms with Crippen molar-refractivity contribution < 1.29 is 0 Å². The molecule has 0 aliphatic carbocycles. The number of allylic oxidation sites excluding steroid dienone is 3. The van der Waals surface area contributed by atoms with Gasteiger partial charge in [0.2, 0.25) is 0 Å². The van der Waals surface area contributed by atoms with Crippen molar-refractivity contribution in [1.29, 1.82) is 0 Å². The first kappa shape index (κ1) is 67.9. The van der Waals surface area contributed by atoms with Crippen molar-refractivity contribution >= 4 is 50.9 Å². The smallest absolute Gasteiger partial charge is 0.0877 e. The molecule has 4 aliphatic rings. The Labute approximate surface area is 614 Å². The maximum absolute atomic E-state index is 5.98. The highest BCUT2D eigenvalue weighted by Gasteiger charge is 2.28. The molecular weight excluding hydrogens is 1280 g/mol. The first-order valence-corrected chi connectivity index (χ1v) is 38.5. The van der Waals surface area contributed by atoms with E-state index in [1.54, 1.807) is 0 Å². The van der Waals surface area contributed by atoms with E-state index >= 15 is 0 Å². The number of fused-ring (bicyclic) bond motifs is 15. The summed E-state index contributed by atoms with van der Waals surface area (Å²) in [5.41, 5.74) is 23.8. The van der Waals surface area contributed by atoms with Crippen LogP contribution in [-0.4, -0.2) is 45.8 Å². The fraction of sp³-hybridized carbons (Fsp3) is 0.219. The minimum atomic E-state index is 0.647. The largest absolute Gasteiger partial charge is 0.353 e. The highest BCUT2D eigenvalue weighted by atomic mass is 15.0. The van der Waals surface area contributed by atoms with Gasteiger partial charge in [0.1, 0.15) is 0 Å². The first-order valence-electron chi connectivity index (χ1n) is 38.5. The number of nitrogens with zero attached hydrogens (tertiary/aromatic N) is 6. The lowest BCUT2D eigenvalue weighted by Crippen LogP contribution is -2.22. The SMILES string of the molecule is CCCC1=CC2=c3ccc(n3Cc3ccccc3)=c3cc(CCC)c([nH]3)=C(c3ccccc3)C3=NC(=c4ccc(n4Cc4ccccc4)=c4cc(CCC)c([nH]4)=C(c4ccccc4)C4=NC(=c5ccc(n5Cc5ccccc5)=c5cc(CCC)c([nH]5)=C(c5ccccc5)C1=N2)C=C4CCC)C=C3CCC. The van der Waals surface area contributed by atoms with Gasteiger partial charge in [-0.3, -0.25) is 0 Å². The van der Waals surface area contributed by atoms with Crippen LogP contribution in [-0.2, 0) is 38.9 Å². The van der Waals surface area contributed by atoms with Crippen LogP contribution in [0.25, 0.3) is 33.8 Å². The van der Waals surface area contributed by atoms with Crippen LogP contribution in [0.2, 0.25) is 0 Å². The molecule has 12 aromatic rings. The van der Waals surface area contributed by atoms with Crippen LogP contribution in [0, 0.1) is 32.1 Å². The molecule has 522 valence electrons. The molecule has 16 rings (SSSR count). The summed E-state index contributed by atoms with van der Waals surface area (Å²) in [6.45, 7) is 15.7. The Morgan fingerprint density at radius 2 is 0.505 bits per heavy atom. The zero-order valence-corrected chi connectivity index (χ0v) is 61.5. The van der Waals surface area contributed by atoms with E-state index in [9.17, 15) is 0 Å². The van der Waals surface area contributed by atoms with Crippen LogP contribution >= 0.6 is 0 Å². The fourth-order valence-electron chi connectivity index (χ4n) is 16.4. The number of rotatable bonds is 21. The van der Waals surface area contributed by atoms with Gasteiger partial charge in [0.15, 0.2) is 0 Å². The highest BCUT2D eigenvalue weighted by molar-refractivity contribution is 6.36. The number of aliphatic imine (C=N–C) groups is 3. The third-order valence-electron chi connectivity index (χ3n) is 21.1. The summed E-state index contributed by atoms with van der Waals surface area (Å²) in [5, 5.41) is 13.0. The summed E-state index contributed by atoms with van der Waals surface area (Å²) in [6, 6.07) is 87.1. The predicted molar refractivity (Wildman–Crippen MR) is 433 cm³/mol. The Hall–Kier alpha value is -11.6. The normalized spacial score (nSPS) is 14.2. The van der Waals surface area contributed by atoms with Crippen molar-refractivity contribution in [3.05, 3.63) is 386 Å². The summed E-state index contributed by atoms with van der Waals surface area (Å²) in [5.74, 6) is 0. The monoisotopic (exact) mass is 1370 g/mol. The van der Waals surface area contributed by atoms with E-state index in [1.807, 2.05) is 0 Å². The molecule has 0 unspecified atom stereocenters. The Kier molecular flexibility index (Phi) is 19.7. The van der Waals surface area contributed by atoms with E-state index in [-0.39, 0.29) is 0 Å². The van der Waals surface area contributed by atoms with E-state index in [0.717, 1.165) is 209 Å². The van der Waals surface area contributed by atoms with E-state index in [2.05, 4.69) is 325 Å².